The fourth-order valence-corrected chi connectivity index (χ4v) is 2.84. The van der Waals surface area contributed by atoms with Crippen molar-refractivity contribution in [2.75, 3.05) is 13.2 Å². The third kappa shape index (κ3) is 5.52. The fourth-order valence-electron chi connectivity index (χ4n) is 2.84. The van der Waals surface area contributed by atoms with Crippen LogP contribution in [0.1, 0.15) is 44.6 Å². The van der Waals surface area contributed by atoms with Crippen LogP contribution in [0.2, 0.25) is 0 Å². The van der Waals surface area contributed by atoms with Crippen molar-refractivity contribution >= 4 is 10.8 Å². The van der Waals surface area contributed by atoms with Gasteiger partial charge in [-0.2, -0.15) is 0 Å². The van der Waals surface area contributed by atoms with E-state index >= 15 is 0 Å². The van der Waals surface area contributed by atoms with Crippen LogP contribution in [-0.4, -0.2) is 24.4 Å². The maximum absolute atomic E-state index is 9.14. The molecule has 3 N–H and O–H groups in total. The summed E-state index contributed by atoms with van der Waals surface area (Å²) in [6.07, 6.45) is 6.92. The van der Waals surface area contributed by atoms with Crippen molar-refractivity contribution in [3.8, 4) is 5.75 Å². The number of hydrogen-bond acceptors (Lipinski definition) is 3. The molecule has 3 heteroatoms. The van der Waals surface area contributed by atoms with Gasteiger partial charge in [0.2, 0.25) is 0 Å². The molecule has 0 aliphatic carbocycles. The Morgan fingerprint density at radius 3 is 2.70 bits per heavy atom. The summed E-state index contributed by atoms with van der Waals surface area (Å²) < 4.78 is 5.87. The maximum atomic E-state index is 9.14. The Balaban J connectivity index is 1.96. The second-order valence-electron chi connectivity index (χ2n) is 6.21. The van der Waals surface area contributed by atoms with Crippen LogP contribution in [0.15, 0.2) is 36.4 Å². The van der Waals surface area contributed by atoms with Gasteiger partial charge in [0.1, 0.15) is 5.75 Å². The second-order valence-corrected chi connectivity index (χ2v) is 6.21. The van der Waals surface area contributed by atoms with Crippen LogP contribution in [-0.2, 0) is 6.42 Å². The third-order valence-corrected chi connectivity index (χ3v) is 4.18. The highest BCUT2D eigenvalue weighted by Crippen LogP contribution is 2.25. The number of rotatable bonds is 10. The minimum absolute atomic E-state index is 0.00954. The summed E-state index contributed by atoms with van der Waals surface area (Å²) in [5.74, 6) is 0.927. The lowest BCUT2D eigenvalue weighted by atomic mass is 9.99. The zero-order valence-corrected chi connectivity index (χ0v) is 14.1. The van der Waals surface area contributed by atoms with Crippen molar-refractivity contribution < 1.29 is 9.84 Å². The number of unbranched alkanes of at least 4 members (excludes halogenated alkanes) is 4. The first-order chi connectivity index (χ1) is 11.2. The van der Waals surface area contributed by atoms with Crippen molar-refractivity contribution in [3.05, 3.63) is 42.0 Å². The Morgan fingerprint density at radius 2 is 1.91 bits per heavy atom. The zero-order chi connectivity index (χ0) is 16.5. The van der Waals surface area contributed by atoms with Gasteiger partial charge in [0, 0.05) is 6.04 Å². The number of hydrogen-bond donors (Lipinski definition) is 2. The maximum Gasteiger partial charge on any atom is 0.119 e. The van der Waals surface area contributed by atoms with Crippen LogP contribution >= 0.6 is 0 Å². The lowest BCUT2D eigenvalue weighted by Gasteiger charge is -2.12. The van der Waals surface area contributed by atoms with E-state index in [1.54, 1.807) is 0 Å². The molecular weight excluding hydrogens is 286 g/mol. The fraction of sp³-hybridized carbons (Fsp3) is 0.500. The molecule has 2 rings (SSSR count). The molecule has 126 valence electrons. The standard InChI is InChI=1S/C20H29NO2/c1-2-3-4-5-6-12-23-19-10-11-20-16(13-18(21)15-22)8-7-9-17(20)14-19/h7-11,14,18,22H,2-6,12-13,15,21H2,1H3/t18-/m1/s1. The molecule has 0 saturated carbocycles. The Kier molecular flexibility index (Phi) is 7.37. The van der Waals surface area contributed by atoms with Gasteiger partial charge in [-0.15, -0.1) is 0 Å². The molecule has 0 bridgehead atoms. The van der Waals surface area contributed by atoms with Crippen LogP contribution in [0.3, 0.4) is 0 Å². The van der Waals surface area contributed by atoms with Gasteiger partial charge >= 0.3 is 0 Å². The molecule has 2 aromatic rings. The summed E-state index contributed by atoms with van der Waals surface area (Å²) in [4.78, 5) is 0. The summed E-state index contributed by atoms with van der Waals surface area (Å²) in [6.45, 7) is 3.02. The van der Waals surface area contributed by atoms with E-state index in [4.69, 9.17) is 15.6 Å². The third-order valence-electron chi connectivity index (χ3n) is 4.18. The normalized spacial score (nSPS) is 12.5. The van der Waals surface area contributed by atoms with Gasteiger partial charge in [0.25, 0.3) is 0 Å². The average molecular weight is 315 g/mol. The first-order valence-electron chi connectivity index (χ1n) is 8.75. The lowest BCUT2D eigenvalue weighted by molar-refractivity contribution is 0.265. The van der Waals surface area contributed by atoms with Gasteiger partial charge in [-0.25, -0.2) is 0 Å². The average Bonchev–Trinajstić information content (AvgIpc) is 2.58. The summed E-state index contributed by atoms with van der Waals surface area (Å²) >= 11 is 0. The minimum atomic E-state index is -0.209. The molecule has 0 radical (unpaired) electrons. The number of nitrogens with two attached hydrogens (primary N) is 1. The summed E-state index contributed by atoms with van der Waals surface area (Å²) in [6, 6.07) is 12.2. The predicted octanol–water partition coefficient (Wildman–Crippen LogP) is 4.05. The number of ether oxygens (including phenoxy) is 1. The molecule has 0 aromatic heterocycles. The summed E-state index contributed by atoms with van der Waals surface area (Å²) in [7, 11) is 0. The first-order valence-corrected chi connectivity index (χ1v) is 8.75. The zero-order valence-electron chi connectivity index (χ0n) is 14.1. The van der Waals surface area contributed by atoms with Crippen LogP contribution < -0.4 is 10.5 Å². The molecule has 0 heterocycles. The van der Waals surface area contributed by atoms with E-state index in [0.29, 0.717) is 6.42 Å². The second kappa shape index (κ2) is 9.53. The van der Waals surface area contributed by atoms with E-state index in [9.17, 15) is 0 Å². The Hall–Kier alpha value is -1.58. The van der Waals surface area contributed by atoms with E-state index in [1.807, 2.05) is 12.1 Å². The Morgan fingerprint density at radius 1 is 1.09 bits per heavy atom. The molecule has 2 aromatic carbocycles. The highest BCUT2D eigenvalue weighted by atomic mass is 16.5. The van der Waals surface area contributed by atoms with Gasteiger partial charge < -0.3 is 15.6 Å². The minimum Gasteiger partial charge on any atom is -0.494 e. The molecule has 0 fully saturated rings. The van der Waals surface area contributed by atoms with E-state index in [2.05, 4.69) is 31.2 Å². The lowest BCUT2D eigenvalue weighted by Crippen LogP contribution is -2.26. The van der Waals surface area contributed by atoms with Crippen LogP contribution in [0.4, 0.5) is 0 Å². The predicted molar refractivity (Wildman–Crippen MR) is 97.0 cm³/mol. The van der Waals surface area contributed by atoms with Crippen molar-refractivity contribution in [1.29, 1.82) is 0 Å². The first kappa shape index (κ1) is 17.8. The highest BCUT2D eigenvalue weighted by molar-refractivity contribution is 5.87. The van der Waals surface area contributed by atoms with Crippen molar-refractivity contribution in [1.82, 2.24) is 0 Å². The molecule has 0 aliphatic rings. The smallest absolute Gasteiger partial charge is 0.119 e. The number of benzene rings is 2. The van der Waals surface area contributed by atoms with Crippen LogP contribution in [0, 0.1) is 0 Å². The summed E-state index contributed by atoms with van der Waals surface area (Å²) in [5, 5.41) is 11.5. The number of fused-ring (bicyclic) bond motifs is 1. The quantitative estimate of drug-likeness (QED) is 0.650. The largest absolute Gasteiger partial charge is 0.494 e. The molecule has 0 saturated heterocycles. The molecule has 0 aliphatic heterocycles. The Labute approximate surface area is 139 Å². The van der Waals surface area contributed by atoms with Gasteiger partial charge in [0.15, 0.2) is 0 Å². The molecule has 23 heavy (non-hydrogen) atoms. The van der Waals surface area contributed by atoms with Gasteiger partial charge in [-0.1, -0.05) is 56.9 Å². The van der Waals surface area contributed by atoms with Crippen molar-refractivity contribution in [2.45, 2.75) is 51.5 Å². The summed E-state index contributed by atoms with van der Waals surface area (Å²) in [5.41, 5.74) is 7.04. The molecule has 3 nitrogen and oxygen atoms in total. The highest BCUT2D eigenvalue weighted by Gasteiger charge is 2.07. The van der Waals surface area contributed by atoms with E-state index < -0.39 is 0 Å². The van der Waals surface area contributed by atoms with Gasteiger partial charge in [0.05, 0.1) is 13.2 Å². The monoisotopic (exact) mass is 315 g/mol. The Bertz CT molecular complexity index is 597. The SMILES string of the molecule is CCCCCCCOc1ccc2c(C[C@@H](N)CO)cccc2c1. The van der Waals surface area contributed by atoms with Crippen molar-refractivity contribution in [3.63, 3.8) is 0 Å². The molecule has 0 unspecified atom stereocenters. The number of aliphatic hydroxyl groups is 1. The molecule has 1 atom stereocenters. The molecular formula is C20H29NO2. The van der Waals surface area contributed by atoms with E-state index in [0.717, 1.165) is 24.2 Å². The number of aliphatic hydroxyl groups excluding tert-OH is 1. The van der Waals surface area contributed by atoms with Gasteiger partial charge in [-0.05, 0) is 41.3 Å². The van der Waals surface area contributed by atoms with Crippen molar-refractivity contribution in [2.24, 2.45) is 5.73 Å². The van der Waals surface area contributed by atoms with Crippen LogP contribution in [0.5, 0.6) is 5.75 Å². The molecule has 0 spiro atoms. The van der Waals surface area contributed by atoms with Crippen LogP contribution in [0.25, 0.3) is 10.8 Å². The molecule has 0 amide bonds. The van der Waals surface area contributed by atoms with E-state index in [1.165, 1.54) is 36.6 Å². The van der Waals surface area contributed by atoms with E-state index in [-0.39, 0.29) is 12.6 Å². The topological polar surface area (TPSA) is 55.5 Å². The van der Waals surface area contributed by atoms with Gasteiger partial charge in [-0.3, -0.25) is 0 Å².